The van der Waals surface area contributed by atoms with Gasteiger partial charge in [0.15, 0.2) is 0 Å². The number of phenols is 1. The molecule has 0 fully saturated rings. The van der Waals surface area contributed by atoms with E-state index < -0.39 is 96.5 Å². The highest BCUT2D eigenvalue weighted by atomic mass is 16.5. The summed E-state index contributed by atoms with van der Waals surface area (Å²) < 4.78 is 5.82. The van der Waals surface area contributed by atoms with E-state index in [1.54, 1.807) is 48.5 Å². The Bertz CT molecular complexity index is 2280. The summed E-state index contributed by atoms with van der Waals surface area (Å²) in [6.45, 7) is 3.35. The molecular formula is C47H57N7O12. The first-order valence-electron chi connectivity index (χ1n) is 21.1. The molecule has 352 valence electrons. The lowest BCUT2D eigenvalue weighted by atomic mass is 9.98. The number of carbonyl (C=O) groups excluding carboxylic acids is 5. The Morgan fingerprint density at radius 3 is 1.61 bits per heavy atom. The van der Waals surface area contributed by atoms with E-state index in [2.05, 4.69) is 26.6 Å². The maximum absolute atomic E-state index is 13.9. The molecule has 66 heavy (non-hydrogen) atoms. The highest BCUT2D eigenvalue weighted by Gasteiger charge is 2.34. The number of carbonyl (C=O) groups is 7. The monoisotopic (exact) mass is 911 g/mol. The van der Waals surface area contributed by atoms with Crippen molar-refractivity contribution in [3.05, 3.63) is 125 Å². The number of aliphatic carboxylic acids is 2. The number of ether oxygens (including phenoxy) is 1. The predicted molar refractivity (Wildman–Crippen MR) is 241 cm³/mol. The van der Waals surface area contributed by atoms with Crippen molar-refractivity contribution in [1.82, 2.24) is 26.6 Å². The second kappa shape index (κ2) is 24.8. The molecule has 0 aliphatic rings. The molecule has 0 spiro atoms. The molecule has 0 aromatic heterocycles. The number of aromatic hydroxyl groups is 1. The molecule has 19 heteroatoms. The number of carboxylic acids is 2. The highest BCUT2D eigenvalue weighted by molar-refractivity contribution is 5.96. The Hall–Kier alpha value is -7.19. The van der Waals surface area contributed by atoms with Crippen LogP contribution in [0.2, 0.25) is 0 Å². The van der Waals surface area contributed by atoms with Crippen LogP contribution in [0.1, 0.15) is 43.0 Å². The molecule has 0 heterocycles. The van der Waals surface area contributed by atoms with Crippen molar-refractivity contribution in [2.75, 3.05) is 6.54 Å². The minimum absolute atomic E-state index is 0.0420. The van der Waals surface area contributed by atoms with Crippen LogP contribution in [-0.2, 0) is 64.2 Å². The smallest absolute Gasteiger partial charge is 0.322 e. The van der Waals surface area contributed by atoms with Crippen LogP contribution in [-0.4, -0.2) is 117 Å². The summed E-state index contributed by atoms with van der Waals surface area (Å²) in [5, 5.41) is 50.9. The van der Waals surface area contributed by atoms with Gasteiger partial charge in [0.1, 0.15) is 42.5 Å². The predicted octanol–water partition coefficient (Wildman–Crippen LogP) is 0.272. The fourth-order valence-electron chi connectivity index (χ4n) is 6.58. The highest BCUT2D eigenvalue weighted by Crippen LogP contribution is 2.22. The van der Waals surface area contributed by atoms with Crippen molar-refractivity contribution in [2.45, 2.75) is 95.1 Å². The fourth-order valence-corrected chi connectivity index (χ4v) is 6.58. The van der Waals surface area contributed by atoms with Gasteiger partial charge in [-0.1, -0.05) is 91.0 Å². The van der Waals surface area contributed by atoms with Gasteiger partial charge < -0.3 is 63.2 Å². The quantitative estimate of drug-likeness (QED) is 0.0450. The summed E-state index contributed by atoms with van der Waals surface area (Å²) in [6, 6.07) is 21.4. The zero-order valence-corrected chi connectivity index (χ0v) is 36.7. The first-order valence-corrected chi connectivity index (χ1v) is 21.1. The van der Waals surface area contributed by atoms with Gasteiger partial charge in [-0.05, 0) is 79.1 Å². The first kappa shape index (κ1) is 51.4. The summed E-state index contributed by atoms with van der Waals surface area (Å²) in [4.78, 5) is 89.7. The molecule has 0 bridgehead atoms. The van der Waals surface area contributed by atoms with E-state index in [0.29, 0.717) is 11.1 Å². The Kier molecular flexibility index (Phi) is 19.3. The van der Waals surface area contributed by atoms with Crippen LogP contribution in [0, 0.1) is 0 Å². The van der Waals surface area contributed by atoms with Crippen LogP contribution in [0.15, 0.2) is 103 Å². The molecule has 5 amide bonds. The Morgan fingerprint density at radius 1 is 0.561 bits per heavy atom. The van der Waals surface area contributed by atoms with Gasteiger partial charge >= 0.3 is 11.9 Å². The van der Waals surface area contributed by atoms with E-state index in [4.69, 9.17) is 26.4 Å². The second-order valence-corrected chi connectivity index (χ2v) is 15.8. The lowest BCUT2D eigenvalue weighted by molar-refractivity contribution is -0.140. The lowest BCUT2D eigenvalue weighted by Gasteiger charge is -2.28. The molecule has 8 atom stereocenters. The number of rotatable bonds is 24. The summed E-state index contributed by atoms with van der Waals surface area (Å²) >= 11 is 0. The van der Waals surface area contributed by atoms with Crippen molar-refractivity contribution >= 4 is 41.5 Å². The summed E-state index contributed by atoms with van der Waals surface area (Å²) in [5.74, 6) is -6.78. The Morgan fingerprint density at radius 2 is 1.08 bits per heavy atom. The minimum atomic E-state index is -1.65. The normalized spacial score (nSPS) is 14.7. The molecule has 0 aliphatic carbocycles. The topological polar surface area (TPSA) is 322 Å². The Balaban J connectivity index is 1.42. The Labute approximate surface area is 381 Å². The number of hydrogen-bond acceptors (Lipinski definition) is 12. The number of nitrogens with two attached hydrogens (primary N) is 2. The van der Waals surface area contributed by atoms with Crippen LogP contribution in [0.25, 0.3) is 11.1 Å². The van der Waals surface area contributed by atoms with Crippen molar-refractivity contribution in [3.8, 4) is 16.9 Å². The average molecular weight is 912 g/mol. The number of benzene rings is 4. The number of amides is 5. The zero-order chi connectivity index (χ0) is 48.5. The van der Waals surface area contributed by atoms with Crippen molar-refractivity contribution in [1.29, 1.82) is 0 Å². The lowest BCUT2D eigenvalue weighted by Crippen LogP contribution is -2.61. The minimum Gasteiger partial charge on any atom is -0.508 e. The van der Waals surface area contributed by atoms with Crippen molar-refractivity contribution < 1.29 is 58.7 Å². The first-order chi connectivity index (χ1) is 31.3. The number of aliphatic hydroxyl groups is 1. The third-order valence-electron chi connectivity index (χ3n) is 10.4. The van der Waals surface area contributed by atoms with Crippen LogP contribution in [0.4, 0.5) is 0 Å². The van der Waals surface area contributed by atoms with Gasteiger partial charge in [-0.3, -0.25) is 33.6 Å². The van der Waals surface area contributed by atoms with Gasteiger partial charge in [-0.15, -0.1) is 0 Å². The van der Waals surface area contributed by atoms with E-state index >= 15 is 0 Å². The molecule has 4 aromatic rings. The zero-order valence-electron chi connectivity index (χ0n) is 36.7. The van der Waals surface area contributed by atoms with Gasteiger partial charge in [0, 0.05) is 6.42 Å². The van der Waals surface area contributed by atoms with E-state index in [0.717, 1.165) is 22.3 Å². The van der Waals surface area contributed by atoms with Gasteiger partial charge in [0.05, 0.1) is 24.9 Å². The maximum Gasteiger partial charge on any atom is 0.322 e. The number of aliphatic hydroxyl groups excluding tert-OH is 1. The van der Waals surface area contributed by atoms with Crippen LogP contribution >= 0.6 is 0 Å². The molecular weight excluding hydrogens is 855 g/mol. The van der Waals surface area contributed by atoms with E-state index in [1.807, 2.05) is 30.3 Å². The summed E-state index contributed by atoms with van der Waals surface area (Å²) in [5.41, 5.74) is 16.5. The molecule has 4 aromatic carbocycles. The average Bonchev–Trinajstić information content (AvgIpc) is 3.29. The van der Waals surface area contributed by atoms with E-state index in [-0.39, 0.29) is 31.6 Å². The molecule has 0 radical (unpaired) electrons. The number of hydrogen-bond donors (Lipinski definition) is 11. The van der Waals surface area contributed by atoms with Crippen LogP contribution in [0.5, 0.6) is 5.75 Å². The van der Waals surface area contributed by atoms with Crippen molar-refractivity contribution in [3.63, 3.8) is 0 Å². The molecule has 13 N–H and O–H groups in total. The van der Waals surface area contributed by atoms with Gasteiger partial charge in [0.2, 0.25) is 29.5 Å². The third-order valence-corrected chi connectivity index (χ3v) is 10.4. The molecule has 4 rings (SSSR count). The molecule has 2 unspecified atom stereocenters. The number of carboxylic acid groups (broad SMARTS) is 2. The fraction of sp³-hybridized carbons (Fsp3) is 0.340. The van der Waals surface area contributed by atoms with E-state index in [1.165, 1.54) is 45.0 Å². The molecule has 19 nitrogen and oxygen atoms in total. The molecule has 0 aliphatic heterocycles. The standard InChI is InChI=1S/C47H57N7O12/c1-26(42(59)54-41(45(62)50-24-39(57)58)28(3)66-25-32-7-5-4-6-8-32)51-46(63)40(27(2)55)53-44(61)38(23-31-13-19-35(56)20-14-31)52-43(60)36(48)21-29-9-15-33(16-10-29)34-17-11-30(12-18-34)22-37(49)47(64)65/h4-20,26-28,36-38,40-41,55-56H,21-25,48-49H2,1-3H3,(H,50,62)(H,51,63)(H,52,60)(H,53,61)(H,54,59)(H,57,58)(H,64,65)/t26-,27?,28?,36-,37-,38-,40-,41-/m0/s1. The van der Waals surface area contributed by atoms with Gasteiger partial charge in [0.25, 0.3) is 0 Å². The number of nitrogens with one attached hydrogen (secondary N) is 5. The van der Waals surface area contributed by atoms with Crippen LogP contribution < -0.4 is 38.1 Å². The molecule has 0 saturated carbocycles. The maximum atomic E-state index is 13.9. The van der Waals surface area contributed by atoms with Gasteiger partial charge in [-0.25, -0.2) is 0 Å². The van der Waals surface area contributed by atoms with E-state index in [9.17, 15) is 43.8 Å². The third kappa shape index (κ3) is 16.1. The van der Waals surface area contributed by atoms with Gasteiger partial charge in [-0.2, -0.15) is 0 Å². The summed E-state index contributed by atoms with van der Waals surface area (Å²) in [6.07, 6.45) is -2.36. The summed E-state index contributed by atoms with van der Waals surface area (Å²) in [7, 11) is 0. The SMILES string of the molecule is CC(O)[C@H](NC(=O)[C@H](Cc1ccc(O)cc1)NC(=O)[C@@H](N)Cc1ccc(-c2ccc(C[C@H](N)C(=O)O)cc2)cc1)C(=O)N[C@@H](C)C(=O)N[C@H](C(=O)NCC(=O)O)C(C)OCc1ccccc1. The van der Waals surface area contributed by atoms with Crippen LogP contribution in [0.3, 0.4) is 0 Å². The number of phenolic OH excluding ortho intramolecular Hbond substituents is 1. The largest absolute Gasteiger partial charge is 0.508 e. The molecule has 0 saturated heterocycles. The second-order valence-electron chi connectivity index (χ2n) is 15.8. The van der Waals surface area contributed by atoms with Crippen molar-refractivity contribution in [2.24, 2.45) is 11.5 Å².